The van der Waals surface area contributed by atoms with Crippen LogP contribution in [0.2, 0.25) is 0 Å². The Kier molecular flexibility index (Phi) is 3.48. The van der Waals surface area contributed by atoms with Crippen LogP contribution in [0.15, 0.2) is 60.7 Å². The van der Waals surface area contributed by atoms with Crippen molar-refractivity contribution in [3.05, 3.63) is 77.5 Å². The summed E-state index contributed by atoms with van der Waals surface area (Å²) < 4.78 is 0. The highest BCUT2D eigenvalue weighted by atomic mass is 14.7. The summed E-state index contributed by atoms with van der Waals surface area (Å²) in [5.74, 6) is 0. The van der Waals surface area contributed by atoms with Gasteiger partial charge >= 0.3 is 0 Å². The molecule has 2 N–H and O–H groups in total. The number of pyridine rings is 1. The summed E-state index contributed by atoms with van der Waals surface area (Å²) in [5, 5.41) is 1.20. The molecule has 20 heavy (non-hydrogen) atoms. The van der Waals surface area contributed by atoms with Crippen LogP contribution in [-0.2, 0) is 6.42 Å². The number of nitrogens with zero attached hydrogens (tertiary/aromatic N) is 1. The van der Waals surface area contributed by atoms with Gasteiger partial charge < -0.3 is 5.73 Å². The molecule has 1 atom stereocenters. The highest BCUT2D eigenvalue weighted by Crippen LogP contribution is 2.23. The molecule has 0 aliphatic carbocycles. The van der Waals surface area contributed by atoms with Crippen LogP contribution in [0, 0.1) is 6.92 Å². The molecule has 0 saturated carbocycles. The van der Waals surface area contributed by atoms with Gasteiger partial charge in [-0.3, -0.25) is 4.98 Å². The van der Waals surface area contributed by atoms with Gasteiger partial charge in [0.15, 0.2) is 0 Å². The lowest BCUT2D eigenvalue weighted by Gasteiger charge is -2.14. The molecule has 1 heterocycles. The highest BCUT2D eigenvalue weighted by molar-refractivity contribution is 5.82. The van der Waals surface area contributed by atoms with E-state index >= 15 is 0 Å². The standard InChI is InChI=1S/C18H18N2/c1-13-11-15(16-9-5-6-10-18(16)20-13)12-17(19)14-7-3-2-4-8-14/h2-11,17H,12,19H2,1H3. The molecule has 3 rings (SSSR count). The third-order valence-electron chi connectivity index (χ3n) is 3.60. The molecule has 0 aliphatic rings. The average molecular weight is 262 g/mol. The zero-order valence-electron chi connectivity index (χ0n) is 11.6. The molecular formula is C18H18N2. The summed E-state index contributed by atoms with van der Waals surface area (Å²) in [6.07, 6.45) is 0.827. The van der Waals surface area contributed by atoms with E-state index in [1.807, 2.05) is 31.2 Å². The van der Waals surface area contributed by atoms with Crippen LogP contribution in [0.1, 0.15) is 22.9 Å². The van der Waals surface area contributed by atoms with Crippen molar-refractivity contribution in [2.45, 2.75) is 19.4 Å². The van der Waals surface area contributed by atoms with Crippen LogP contribution >= 0.6 is 0 Å². The van der Waals surface area contributed by atoms with E-state index in [2.05, 4.69) is 41.4 Å². The summed E-state index contributed by atoms with van der Waals surface area (Å²) in [5.41, 5.74) is 10.9. The molecule has 1 aromatic heterocycles. The fourth-order valence-electron chi connectivity index (χ4n) is 2.62. The van der Waals surface area contributed by atoms with Crippen LogP contribution < -0.4 is 5.73 Å². The minimum Gasteiger partial charge on any atom is -0.324 e. The molecule has 1 unspecified atom stereocenters. The molecular weight excluding hydrogens is 244 g/mol. The van der Waals surface area contributed by atoms with Crippen molar-refractivity contribution in [1.82, 2.24) is 4.98 Å². The third kappa shape index (κ3) is 2.56. The summed E-state index contributed by atoms with van der Waals surface area (Å²) in [7, 11) is 0. The molecule has 0 bridgehead atoms. The number of hydrogen-bond donors (Lipinski definition) is 1. The fourth-order valence-corrected chi connectivity index (χ4v) is 2.62. The number of rotatable bonds is 3. The zero-order chi connectivity index (χ0) is 13.9. The Bertz CT molecular complexity index is 720. The maximum Gasteiger partial charge on any atom is 0.0707 e. The highest BCUT2D eigenvalue weighted by Gasteiger charge is 2.10. The first-order valence-corrected chi connectivity index (χ1v) is 6.90. The second-order valence-electron chi connectivity index (χ2n) is 5.16. The summed E-state index contributed by atoms with van der Waals surface area (Å²) in [4.78, 5) is 4.58. The Morgan fingerprint density at radius 2 is 1.70 bits per heavy atom. The Balaban J connectivity index is 1.98. The van der Waals surface area contributed by atoms with Crippen molar-refractivity contribution in [3.63, 3.8) is 0 Å². The van der Waals surface area contributed by atoms with Gasteiger partial charge in [0.2, 0.25) is 0 Å². The van der Waals surface area contributed by atoms with Gasteiger partial charge in [-0.1, -0.05) is 48.5 Å². The molecule has 0 saturated heterocycles. The lowest BCUT2D eigenvalue weighted by molar-refractivity contribution is 0.724. The SMILES string of the molecule is Cc1cc(CC(N)c2ccccc2)c2ccccc2n1. The van der Waals surface area contributed by atoms with Crippen LogP contribution in [0.5, 0.6) is 0 Å². The molecule has 0 aliphatic heterocycles. The van der Waals surface area contributed by atoms with Gasteiger partial charge in [0, 0.05) is 17.1 Å². The van der Waals surface area contributed by atoms with E-state index in [1.54, 1.807) is 0 Å². The number of hydrogen-bond acceptors (Lipinski definition) is 2. The Morgan fingerprint density at radius 3 is 2.50 bits per heavy atom. The minimum atomic E-state index is 0.0152. The van der Waals surface area contributed by atoms with E-state index in [-0.39, 0.29) is 6.04 Å². The van der Waals surface area contributed by atoms with Crippen LogP contribution in [0.25, 0.3) is 10.9 Å². The average Bonchev–Trinajstić information content (AvgIpc) is 2.48. The van der Waals surface area contributed by atoms with Gasteiger partial charge in [-0.25, -0.2) is 0 Å². The van der Waals surface area contributed by atoms with E-state index < -0.39 is 0 Å². The van der Waals surface area contributed by atoms with Gasteiger partial charge in [-0.2, -0.15) is 0 Å². The number of benzene rings is 2. The maximum absolute atomic E-state index is 6.35. The third-order valence-corrected chi connectivity index (χ3v) is 3.60. The first-order valence-electron chi connectivity index (χ1n) is 6.90. The normalized spacial score (nSPS) is 12.5. The van der Waals surface area contributed by atoms with Gasteiger partial charge in [-0.05, 0) is 36.6 Å². The number of aryl methyl sites for hydroxylation is 1. The lowest BCUT2D eigenvalue weighted by Crippen LogP contribution is -2.13. The first-order chi connectivity index (χ1) is 9.74. The Labute approximate surface area is 119 Å². The smallest absolute Gasteiger partial charge is 0.0707 e. The fraction of sp³-hybridized carbons (Fsp3) is 0.167. The lowest BCUT2D eigenvalue weighted by atomic mass is 9.97. The summed E-state index contributed by atoms with van der Waals surface area (Å²) in [6, 6.07) is 20.7. The second-order valence-corrected chi connectivity index (χ2v) is 5.16. The topological polar surface area (TPSA) is 38.9 Å². The van der Waals surface area contributed by atoms with Crippen molar-refractivity contribution in [2.24, 2.45) is 5.73 Å². The summed E-state index contributed by atoms with van der Waals surface area (Å²) in [6.45, 7) is 2.03. The van der Waals surface area contributed by atoms with E-state index in [1.165, 1.54) is 16.5 Å². The Hall–Kier alpha value is -2.19. The number of nitrogens with two attached hydrogens (primary N) is 1. The monoisotopic (exact) mass is 262 g/mol. The zero-order valence-corrected chi connectivity index (χ0v) is 11.6. The molecule has 3 aromatic rings. The molecule has 100 valence electrons. The molecule has 2 aromatic carbocycles. The van der Waals surface area contributed by atoms with Crippen molar-refractivity contribution >= 4 is 10.9 Å². The van der Waals surface area contributed by atoms with Crippen molar-refractivity contribution in [3.8, 4) is 0 Å². The van der Waals surface area contributed by atoms with Gasteiger partial charge in [0.1, 0.15) is 0 Å². The van der Waals surface area contributed by atoms with Crippen molar-refractivity contribution in [1.29, 1.82) is 0 Å². The predicted molar refractivity (Wildman–Crippen MR) is 83.6 cm³/mol. The van der Waals surface area contributed by atoms with Gasteiger partial charge in [-0.15, -0.1) is 0 Å². The van der Waals surface area contributed by atoms with Crippen LogP contribution in [-0.4, -0.2) is 4.98 Å². The van der Waals surface area contributed by atoms with Crippen LogP contribution in [0.4, 0.5) is 0 Å². The molecule has 0 radical (unpaired) electrons. The van der Waals surface area contributed by atoms with E-state index in [0.29, 0.717) is 0 Å². The minimum absolute atomic E-state index is 0.0152. The van der Waals surface area contributed by atoms with Gasteiger partial charge in [0.05, 0.1) is 5.52 Å². The van der Waals surface area contributed by atoms with Crippen molar-refractivity contribution in [2.75, 3.05) is 0 Å². The van der Waals surface area contributed by atoms with Crippen LogP contribution in [0.3, 0.4) is 0 Å². The number of aromatic nitrogens is 1. The maximum atomic E-state index is 6.35. The quantitative estimate of drug-likeness (QED) is 0.780. The van der Waals surface area contributed by atoms with Gasteiger partial charge in [0.25, 0.3) is 0 Å². The molecule has 2 heteroatoms. The molecule has 0 spiro atoms. The predicted octanol–water partition coefficient (Wildman–Crippen LogP) is 3.79. The summed E-state index contributed by atoms with van der Waals surface area (Å²) >= 11 is 0. The molecule has 2 nitrogen and oxygen atoms in total. The van der Waals surface area contributed by atoms with E-state index in [9.17, 15) is 0 Å². The molecule has 0 fully saturated rings. The van der Waals surface area contributed by atoms with E-state index in [0.717, 1.165) is 17.6 Å². The van der Waals surface area contributed by atoms with E-state index in [4.69, 9.17) is 5.73 Å². The number of fused-ring (bicyclic) bond motifs is 1. The Morgan fingerprint density at radius 1 is 1.00 bits per heavy atom. The second kappa shape index (κ2) is 5.43. The number of para-hydroxylation sites is 1. The largest absolute Gasteiger partial charge is 0.324 e. The first kappa shape index (κ1) is 12.8. The van der Waals surface area contributed by atoms with Crippen molar-refractivity contribution < 1.29 is 0 Å². The molecule has 0 amide bonds.